The van der Waals surface area contributed by atoms with Crippen LogP contribution in [0, 0.1) is 0 Å². The molecule has 0 spiro atoms. The van der Waals surface area contributed by atoms with Gasteiger partial charge in [-0.05, 0) is 24.6 Å². The largest absolute Gasteiger partial charge is 0.346 e. The number of thiazole rings is 1. The molecule has 2 aromatic heterocycles. The van der Waals surface area contributed by atoms with Crippen molar-refractivity contribution in [2.45, 2.75) is 24.8 Å². The van der Waals surface area contributed by atoms with Crippen molar-refractivity contribution < 1.29 is 13.2 Å². The van der Waals surface area contributed by atoms with Gasteiger partial charge in [-0.2, -0.15) is 0 Å². The Balaban J connectivity index is 1.60. The van der Waals surface area contributed by atoms with Crippen LogP contribution in [0.4, 0.5) is 5.13 Å². The van der Waals surface area contributed by atoms with Gasteiger partial charge in [0.05, 0.1) is 15.1 Å². The Labute approximate surface area is 166 Å². The van der Waals surface area contributed by atoms with Gasteiger partial charge in [0.2, 0.25) is 5.91 Å². The van der Waals surface area contributed by atoms with Gasteiger partial charge in [-0.1, -0.05) is 48.6 Å². The lowest BCUT2D eigenvalue weighted by Gasteiger charge is -2.03. The number of hydrogen-bond acceptors (Lipinski definition) is 5. The van der Waals surface area contributed by atoms with Crippen molar-refractivity contribution in [1.82, 2.24) is 9.55 Å². The number of carbonyl (C=O) groups is 1. The molecule has 1 amide bonds. The molecule has 0 radical (unpaired) electrons. The number of hydrogen-bond donors (Lipinski definition) is 1. The third-order valence-electron chi connectivity index (χ3n) is 4.41. The third kappa shape index (κ3) is 3.53. The molecular formula is C20H19N3O3S2. The van der Waals surface area contributed by atoms with E-state index in [-0.39, 0.29) is 4.90 Å². The van der Waals surface area contributed by atoms with Gasteiger partial charge in [-0.25, -0.2) is 13.4 Å². The van der Waals surface area contributed by atoms with E-state index < -0.39 is 21.5 Å². The number of anilines is 1. The van der Waals surface area contributed by atoms with Crippen molar-refractivity contribution in [3.63, 3.8) is 0 Å². The predicted molar refractivity (Wildman–Crippen MR) is 113 cm³/mol. The van der Waals surface area contributed by atoms with E-state index in [4.69, 9.17) is 0 Å². The molecule has 28 heavy (non-hydrogen) atoms. The molecule has 1 N–H and O–H groups in total. The van der Waals surface area contributed by atoms with Crippen LogP contribution in [0.1, 0.15) is 13.3 Å². The Morgan fingerprint density at radius 3 is 2.68 bits per heavy atom. The van der Waals surface area contributed by atoms with Gasteiger partial charge in [0.25, 0.3) is 0 Å². The number of fused-ring (bicyclic) bond motifs is 2. The van der Waals surface area contributed by atoms with Gasteiger partial charge >= 0.3 is 0 Å². The summed E-state index contributed by atoms with van der Waals surface area (Å²) in [5, 5.41) is 3.66. The molecule has 0 aliphatic carbocycles. The molecule has 0 unspecified atom stereocenters. The number of benzene rings is 2. The van der Waals surface area contributed by atoms with E-state index >= 15 is 0 Å². The lowest BCUT2D eigenvalue weighted by Crippen LogP contribution is -2.22. The second-order valence-electron chi connectivity index (χ2n) is 6.50. The molecule has 2 aromatic carbocycles. The predicted octanol–water partition coefficient (Wildman–Crippen LogP) is 4.07. The molecule has 0 atom stereocenters. The first-order chi connectivity index (χ1) is 13.5. The van der Waals surface area contributed by atoms with Crippen LogP contribution in [0.2, 0.25) is 0 Å². The molecule has 0 aliphatic rings. The molecule has 4 rings (SSSR count). The average molecular weight is 414 g/mol. The second kappa shape index (κ2) is 7.37. The van der Waals surface area contributed by atoms with Gasteiger partial charge in [-0.3, -0.25) is 4.79 Å². The van der Waals surface area contributed by atoms with Crippen molar-refractivity contribution in [2.24, 2.45) is 0 Å². The fourth-order valence-corrected chi connectivity index (χ4v) is 5.47. The molecule has 144 valence electrons. The topological polar surface area (TPSA) is 81.1 Å². The maximum absolute atomic E-state index is 12.9. The molecular weight excluding hydrogens is 394 g/mol. The minimum absolute atomic E-state index is 0.191. The first-order valence-electron chi connectivity index (χ1n) is 8.94. The summed E-state index contributed by atoms with van der Waals surface area (Å²) in [6.45, 7) is 2.75. The standard InChI is InChI=1S/C20H19N3O3S2/c1-2-11-23-12-18(14-7-3-5-9-16(14)23)28(25,26)13-19(24)22-20-21-15-8-4-6-10-17(15)27-20/h3-10,12H,2,11,13H2,1H3,(H,21,22,24). The lowest BCUT2D eigenvalue weighted by molar-refractivity contribution is -0.113. The van der Waals surface area contributed by atoms with Crippen LogP contribution < -0.4 is 5.32 Å². The Morgan fingerprint density at radius 2 is 1.89 bits per heavy atom. The van der Waals surface area contributed by atoms with Crippen LogP contribution in [0.3, 0.4) is 0 Å². The van der Waals surface area contributed by atoms with Crippen LogP contribution in [-0.4, -0.2) is 29.6 Å². The molecule has 0 bridgehead atoms. The monoisotopic (exact) mass is 413 g/mol. The van der Waals surface area contributed by atoms with Gasteiger partial charge in [0.1, 0.15) is 5.75 Å². The number of sulfone groups is 1. The summed E-state index contributed by atoms with van der Waals surface area (Å²) in [4.78, 5) is 16.9. The quantitative estimate of drug-likeness (QED) is 0.517. The van der Waals surface area contributed by atoms with Crippen LogP contribution in [0.5, 0.6) is 0 Å². The van der Waals surface area contributed by atoms with Crippen LogP contribution in [-0.2, 0) is 21.2 Å². The van der Waals surface area contributed by atoms with Gasteiger partial charge in [0.15, 0.2) is 15.0 Å². The number of rotatable bonds is 6. The maximum Gasteiger partial charge on any atom is 0.241 e. The SMILES string of the molecule is CCCn1cc(S(=O)(=O)CC(=O)Nc2nc3ccccc3s2)c2ccccc21. The zero-order valence-electron chi connectivity index (χ0n) is 15.3. The third-order valence-corrected chi connectivity index (χ3v) is 7.00. The summed E-state index contributed by atoms with van der Waals surface area (Å²) in [6, 6.07) is 14.9. The van der Waals surface area contributed by atoms with E-state index in [0.717, 1.165) is 22.2 Å². The van der Waals surface area contributed by atoms with Crippen LogP contribution >= 0.6 is 11.3 Å². The van der Waals surface area contributed by atoms with Crippen molar-refractivity contribution in [3.05, 3.63) is 54.7 Å². The summed E-state index contributed by atoms with van der Waals surface area (Å²) in [7, 11) is -3.79. The first-order valence-corrected chi connectivity index (χ1v) is 11.4. The molecule has 0 saturated heterocycles. The van der Waals surface area contributed by atoms with Gasteiger partial charge < -0.3 is 9.88 Å². The second-order valence-corrected chi connectivity index (χ2v) is 9.49. The fourth-order valence-electron chi connectivity index (χ4n) is 3.22. The molecule has 6 nitrogen and oxygen atoms in total. The zero-order chi connectivity index (χ0) is 19.7. The zero-order valence-corrected chi connectivity index (χ0v) is 16.9. The van der Waals surface area contributed by atoms with E-state index in [2.05, 4.69) is 10.3 Å². The highest BCUT2D eigenvalue weighted by atomic mass is 32.2. The number of nitrogens with zero attached hydrogens (tertiary/aromatic N) is 2. The van der Waals surface area contributed by atoms with Crippen molar-refractivity contribution in [3.8, 4) is 0 Å². The molecule has 0 aliphatic heterocycles. The van der Waals surface area contributed by atoms with E-state index in [1.54, 1.807) is 18.3 Å². The minimum atomic E-state index is -3.79. The van der Waals surface area contributed by atoms with Crippen LogP contribution in [0.25, 0.3) is 21.1 Å². The first kappa shape index (κ1) is 18.6. The smallest absolute Gasteiger partial charge is 0.241 e. The minimum Gasteiger partial charge on any atom is -0.346 e. The number of nitrogens with one attached hydrogen (secondary N) is 1. The summed E-state index contributed by atoms with van der Waals surface area (Å²) >= 11 is 1.32. The number of aromatic nitrogens is 2. The highest BCUT2D eigenvalue weighted by Crippen LogP contribution is 2.28. The van der Waals surface area contributed by atoms with E-state index in [9.17, 15) is 13.2 Å². The summed E-state index contributed by atoms with van der Waals surface area (Å²) in [5.74, 6) is -1.21. The highest BCUT2D eigenvalue weighted by Gasteiger charge is 2.24. The number of aryl methyl sites for hydroxylation is 1. The molecule has 0 fully saturated rings. The molecule has 2 heterocycles. The Kier molecular flexibility index (Phi) is 4.91. The Hall–Kier alpha value is -2.71. The number of para-hydroxylation sites is 2. The van der Waals surface area contributed by atoms with E-state index in [1.807, 2.05) is 47.9 Å². The van der Waals surface area contributed by atoms with Crippen molar-refractivity contribution in [1.29, 1.82) is 0 Å². The van der Waals surface area contributed by atoms with Gasteiger partial charge in [0, 0.05) is 23.6 Å². The summed E-state index contributed by atoms with van der Waals surface area (Å²) in [5.41, 5.74) is 1.63. The highest BCUT2D eigenvalue weighted by molar-refractivity contribution is 7.92. The van der Waals surface area contributed by atoms with Gasteiger partial charge in [-0.15, -0.1) is 0 Å². The molecule has 0 saturated carbocycles. The summed E-state index contributed by atoms with van der Waals surface area (Å²) in [6.07, 6.45) is 2.52. The van der Waals surface area contributed by atoms with E-state index in [0.29, 0.717) is 17.1 Å². The number of carbonyl (C=O) groups excluding carboxylic acids is 1. The lowest BCUT2D eigenvalue weighted by atomic mass is 10.2. The Bertz CT molecular complexity index is 1240. The van der Waals surface area contributed by atoms with Crippen molar-refractivity contribution >= 4 is 53.3 Å². The Morgan fingerprint density at radius 1 is 1.14 bits per heavy atom. The maximum atomic E-state index is 12.9. The molecule has 8 heteroatoms. The fraction of sp³-hybridized carbons (Fsp3) is 0.200. The normalized spacial score (nSPS) is 11.9. The van der Waals surface area contributed by atoms with Crippen LogP contribution in [0.15, 0.2) is 59.6 Å². The average Bonchev–Trinajstić information content (AvgIpc) is 3.23. The van der Waals surface area contributed by atoms with Crippen molar-refractivity contribution in [2.75, 3.05) is 11.1 Å². The van der Waals surface area contributed by atoms with E-state index in [1.165, 1.54) is 11.3 Å². The molecule has 4 aromatic rings. The summed E-state index contributed by atoms with van der Waals surface area (Å²) < 4.78 is 28.7. The number of amides is 1.